The van der Waals surface area contributed by atoms with Gasteiger partial charge in [0.15, 0.2) is 11.5 Å². The molecular weight excluding hydrogens is 414 g/mol. The fraction of sp³-hybridized carbons (Fsp3) is 0.407. The smallest absolute Gasteiger partial charge is 0.271 e. The third-order valence-corrected chi connectivity index (χ3v) is 6.01. The molecule has 3 aromatic rings. The topological polar surface area (TPSA) is 75.7 Å². The number of aromatic amines is 1. The number of nitrogens with one attached hydrogen (secondary N) is 2. The Labute approximate surface area is 195 Å². The second kappa shape index (κ2) is 11.0. The second-order valence-corrected chi connectivity index (χ2v) is 8.44. The average molecular weight is 448 g/mol. The van der Waals surface area contributed by atoms with Gasteiger partial charge in [-0.05, 0) is 86.6 Å². The van der Waals surface area contributed by atoms with Gasteiger partial charge in [-0.2, -0.15) is 5.10 Å². The summed E-state index contributed by atoms with van der Waals surface area (Å²) in [5.41, 5.74) is 7.86. The van der Waals surface area contributed by atoms with Crippen LogP contribution in [0.25, 0.3) is 10.9 Å². The van der Waals surface area contributed by atoms with Crippen LogP contribution in [0.15, 0.2) is 41.5 Å². The maximum atomic E-state index is 12.7. The lowest BCUT2D eigenvalue weighted by molar-refractivity contribution is 0.0955. The molecule has 1 aliphatic rings. The third kappa shape index (κ3) is 5.56. The van der Waals surface area contributed by atoms with Gasteiger partial charge >= 0.3 is 0 Å². The van der Waals surface area contributed by atoms with Crippen molar-refractivity contribution in [2.75, 3.05) is 13.2 Å². The predicted octanol–water partition coefficient (Wildman–Crippen LogP) is 5.78. The Morgan fingerprint density at radius 1 is 1.06 bits per heavy atom. The minimum absolute atomic E-state index is 0.222. The minimum Gasteiger partial charge on any atom is -0.490 e. The van der Waals surface area contributed by atoms with Crippen LogP contribution >= 0.6 is 0 Å². The van der Waals surface area contributed by atoms with Crippen molar-refractivity contribution in [3.63, 3.8) is 0 Å². The second-order valence-electron chi connectivity index (χ2n) is 8.44. The van der Waals surface area contributed by atoms with Crippen molar-refractivity contribution in [3.05, 3.63) is 58.8 Å². The van der Waals surface area contributed by atoms with Crippen LogP contribution in [-0.4, -0.2) is 30.3 Å². The van der Waals surface area contributed by atoms with Gasteiger partial charge in [-0.25, -0.2) is 5.43 Å². The van der Waals surface area contributed by atoms with Crippen LogP contribution in [0.2, 0.25) is 0 Å². The van der Waals surface area contributed by atoms with E-state index in [1.807, 2.05) is 43.3 Å². The number of amides is 1. The summed E-state index contributed by atoms with van der Waals surface area (Å²) in [6.45, 7) is 5.34. The number of H-pyrrole nitrogens is 1. The predicted molar refractivity (Wildman–Crippen MR) is 133 cm³/mol. The van der Waals surface area contributed by atoms with Crippen molar-refractivity contribution in [1.29, 1.82) is 0 Å². The fourth-order valence-electron chi connectivity index (χ4n) is 4.30. The summed E-state index contributed by atoms with van der Waals surface area (Å²) in [5.74, 6) is 1.20. The highest BCUT2D eigenvalue weighted by Gasteiger charge is 2.16. The van der Waals surface area contributed by atoms with Crippen LogP contribution in [0.3, 0.4) is 0 Å². The normalized spacial score (nSPS) is 13.3. The monoisotopic (exact) mass is 447 g/mol. The van der Waals surface area contributed by atoms with Crippen molar-refractivity contribution >= 4 is 23.0 Å². The number of unbranched alkanes of at least 4 members (excludes halogenated alkanes) is 2. The number of nitrogens with zero attached hydrogens (tertiary/aromatic N) is 1. The number of hydrogen-bond acceptors (Lipinski definition) is 4. The van der Waals surface area contributed by atoms with Crippen LogP contribution < -0.4 is 14.9 Å². The standard InChI is InChI=1S/C27H33N3O3/c1-3-5-8-15-33-25-14-11-19(16-26(25)32-4-2)18-28-30-27(31)20-12-13-24-22(17-20)21-9-6-7-10-23(21)29-24/h11-14,16-18,29H,3-10,15H2,1-2H3,(H,30,31)/b28-18+. The molecule has 33 heavy (non-hydrogen) atoms. The summed E-state index contributed by atoms with van der Waals surface area (Å²) >= 11 is 0. The van der Waals surface area contributed by atoms with Crippen LogP contribution in [0.1, 0.15) is 73.1 Å². The summed E-state index contributed by atoms with van der Waals surface area (Å²) in [6.07, 6.45) is 9.53. The fourth-order valence-corrected chi connectivity index (χ4v) is 4.30. The first kappa shape index (κ1) is 22.9. The molecule has 6 heteroatoms. The Balaban J connectivity index is 1.41. The van der Waals surface area contributed by atoms with Gasteiger partial charge in [0.2, 0.25) is 0 Å². The molecule has 0 radical (unpaired) electrons. The number of hydrazone groups is 1. The van der Waals surface area contributed by atoms with E-state index in [0.29, 0.717) is 24.5 Å². The number of fused-ring (bicyclic) bond motifs is 3. The molecule has 1 aliphatic carbocycles. The number of ether oxygens (including phenoxy) is 2. The number of hydrogen-bond donors (Lipinski definition) is 2. The Bertz CT molecular complexity index is 1130. The van der Waals surface area contributed by atoms with E-state index in [2.05, 4.69) is 22.4 Å². The molecule has 2 N–H and O–H groups in total. The van der Waals surface area contributed by atoms with Crippen LogP contribution in [0, 0.1) is 0 Å². The lowest BCUT2D eigenvalue weighted by Crippen LogP contribution is -2.17. The maximum Gasteiger partial charge on any atom is 0.271 e. The van der Waals surface area contributed by atoms with E-state index in [0.717, 1.165) is 54.3 Å². The summed E-state index contributed by atoms with van der Waals surface area (Å²) in [4.78, 5) is 16.2. The maximum absolute atomic E-state index is 12.7. The molecule has 174 valence electrons. The van der Waals surface area contributed by atoms with Crippen molar-refractivity contribution in [1.82, 2.24) is 10.4 Å². The summed E-state index contributed by atoms with van der Waals surface area (Å²) in [5, 5.41) is 5.31. The van der Waals surface area contributed by atoms with Gasteiger partial charge in [0, 0.05) is 22.2 Å². The molecule has 0 aliphatic heterocycles. The summed E-state index contributed by atoms with van der Waals surface area (Å²) < 4.78 is 11.6. The van der Waals surface area contributed by atoms with E-state index in [9.17, 15) is 4.79 Å². The first-order valence-corrected chi connectivity index (χ1v) is 12.1. The molecule has 0 spiro atoms. The highest BCUT2D eigenvalue weighted by molar-refractivity contribution is 5.99. The number of benzene rings is 2. The first-order valence-electron chi connectivity index (χ1n) is 12.1. The Morgan fingerprint density at radius 2 is 1.94 bits per heavy atom. The average Bonchev–Trinajstić information content (AvgIpc) is 3.21. The van der Waals surface area contributed by atoms with E-state index >= 15 is 0 Å². The molecule has 0 unspecified atom stereocenters. The third-order valence-electron chi connectivity index (χ3n) is 6.01. The summed E-state index contributed by atoms with van der Waals surface area (Å²) in [6, 6.07) is 11.5. The molecule has 1 heterocycles. The number of aromatic nitrogens is 1. The van der Waals surface area contributed by atoms with Gasteiger partial charge < -0.3 is 14.5 Å². The number of rotatable bonds is 10. The zero-order chi connectivity index (χ0) is 23.0. The lowest BCUT2D eigenvalue weighted by Gasteiger charge is -2.12. The largest absolute Gasteiger partial charge is 0.490 e. The van der Waals surface area contributed by atoms with Crippen LogP contribution in [0.5, 0.6) is 11.5 Å². The number of carbonyl (C=O) groups excluding carboxylic acids is 1. The zero-order valence-electron chi connectivity index (χ0n) is 19.6. The number of carbonyl (C=O) groups is 1. The highest BCUT2D eigenvalue weighted by atomic mass is 16.5. The molecule has 2 aromatic carbocycles. The van der Waals surface area contributed by atoms with Gasteiger partial charge in [-0.1, -0.05) is 19.8 Å². The van der Waals surface area contributed by atoms with E-state index in [1.54, 1.807) is 6.21 Å². The molecule has 0 saturated carbocycles. The van der Waals surface area contributed by atoms with E-state index < -0.39 is 0 Å². The van der Waals surface area contributed by atoms with E-state index in [-0.39, 0.29) is 5.91 Å². The lowest BCUT2D eigenvalue weighted by atomic mass is 9.95. The van der Waals surface area contributed by atoms with Gasteiger partial charge in [0.05, 0.1) is 19.4 Å². The van der Waals surface area contributed by atoms with Crippen molar-refractivity contribution < 1.29 is 14.3 Å². The van der Waals surface area contributed by atoms with E-state index in [1.165, 1.54) is 24.1 Å². The minimum atomic E-state index is -0.222. The highest BCUT2D eigenvalue weighted by Crippen LogP contribution is 2.30. The molecule has 0 bridgehead atoms. The Kier molecular flexibility index (Phi) is 7.66. The molecular formula is C27H33N3O3. The molecule has 1 amide bonds. The van der Waals surface area contributed by atoms with Crippen molar-refractivity contribution in [3.8, 4) is 11.5 Å². The Hall–Kier alpha value is -3.28. The molecule has 0 fully saturated rings. The van der Waals surface area contributed by atoms with Crippen LogP contribution in [0.4, 0.5) is 0 Å². The van der Waals surface area contributed by atoms with Gasteiger partial charge in [-0.15, -0.1) is 0 Å². The SMILES string of the molecule is CCCCCOc1ccc(/C=N/NC(=O)c2ccc3[nH]c4c(c3c2)CCCC4)cc1OCC. The quantitative estimate of drug-likeness (QED) is 0.235. The molecule has 0 saturated heterocycles. The molecule has 0 atom stereocenters. The van der Waals surface area contributed by atoms with E-state index in [4.69, 9.17) is 9.47 Å². The van der Waals surface area contributed by atoms with Crippen molar-refractivity contribution in [2.24, 2.45) is 5.10 Å². The van der Waals surface area contributed by atoms with Gasteiger partial charge in [-0.3, -0.25) is 4.79 Å². The van der Waals surface area contributed by atoms with Crippen molar-refractivity contribution in [2.45, 2.75) is 58.8 Å². The summed E-state index contributed by atoms with van der Waals surface area (Å²) in [7, 11) is 0. The molecule has 6 nitrogen and oxygen atoms in total. The molecule has 1 aromatic heterocycles. The van der Waals surface area contributed by atoms with Crippen LogP contribution in [-0.2, 0) is 12.8 Å². The Morgan fingerprint density at radius 3 is 2.79 bits per heavy atom. The van der Waals surface area contributed by atoms with Gasteiger partial charge in [0.1, 0.15) is 0 Å². The first-order chi connectivity index (χ1) is 16.2. The number of aryl methyl sites for hydroxylation is 2. The zero-order valence-corrected chi connectivity index (χ0v) is 19.6. The molecule has 4 rings (SSSR count). The van der Waals surface area contributed by atoms with Gasteiger partial charge in [0.25, 0.3) is 5.91 Å².